The fourth-order valence-corrected chi connectivity index (χ4v) is 1.65. The molecule has 0 amide bonds. The van der Waals surface area contributed by atoms with Crippen molar-refractivity contribution in [3.63, 3.8) is 0 Å². The second kappa shape index (κ2) is 3.27. The first kappa shape index (κ1) is 9.26. The van der Waals surface area contributed by atoms with Gasteiger partial charge in [-0.3, -0.25) is 0 Å². The molecule has 66 valence electrons. The molecule has 4 heteroatoms. The molecule has 2 fully saturated rings. The first-order valence-corrected chi connectivity index (χ1v) is 3.84. The van der Waals surface area contributed by atoms with E-state index in [-0.39, 0.29) is 18.0 Å². The van der Waals surface area contributed by atoms with Gasteiger partial charge in [0.2, 0.25) is 0 Å². The van der Waals surface area contributed by atoms with Crippen molar-refractivity contribution in [1.29, 1.82) is 0 Å². The molecule has 2 aliphatic heterocycles. The Hall–Kier alpha value is 0.170. The van der Waals surface area contributed by atoms with E-state index in [1.54, 1.807) is 0 Å². The number of nitrogens with zero attached hydrogens (tertiary/aromatic N) is 1. The molecule has 0 saturated carbocycles. The summed E-state index contributed by atoms with van der Waals surface area (Å²) in [6.07, 6.45) is 0. The molecular formula is C7H15ClN2O. The zero-order valence-electron chi connectivity index (χ0n) is 6.80. The van der Waals surface area contributed by atoms with Crippen LogP contribution in [0.4, 0.5) is 0 Å². The molecule has 0 aromatic heterocycles. The Morgan fingerprint density at radius 1 is 1.45 bits per heavy atom. The number of ether oxygens (including phenoxy) is 1. The third-order valence-electron chi connectivity index (χ3n) is 2.33. The Kier molecular flexibility index (Phi) is 2.75. The first-order valence-electron chi connectivity index (χ1n) is 3.84. The maximum atomic E-state index is 5.67. The van der Waals surface area contributed by atoms with Crippen LogP contribution in [0.1, 0.15) is 0 Å². The van der Waals surface area contributed by atoms with E-state index in [0.717, 1.165) is 32.8 Å². The van der Waals surface area contributed by atoms with Gasteiger partial charge in [0, 0.05) is 26.2 Å². The summed E-state index contributed by atoms with van der Waals surface area (Å²) < 4.78 is 5.67. The average molecular weight is 179 g/mol. The van der Waals surface area contributed by atoms with Gasteiger partial charge in [-0.1, -0.05) is 0 Å². The summed E-state index contributed by atoms with van der Waals surface area (Å²) in [4.78, 5) is 2.34. The lowest BCUT2D eigenvalue weighted by atomic mass is 9.95. The standard InChI is InChI=1S/C7H14N2O.ClH/c1-9-2-3-10-7(6-9)4-8-5-7;/h8H,2-6H2,1H3;1H. The molecule has 0 unspecified atom stereocenters. The molecule has 3 nitrogen and oxygen atoms in total. The van der Waals surface area contributed by atoms with E-state index in [1.807, 2.05) is 0 Å². The summed E-state index contributed by atoms with van der Waals surface area (Å²) in [6, 6.07) is 0. The Bertz CT molecular complexity index is 138. The van der Waals surface area contributed by atoms with Crippen LogP contribution in [0.25, 0.3) is 0 Å². The molecular weight excluding hydrogens is 164 g/mol. The molecule has 0 aliphatic carbocycles. The maximum absolute atomic E-state index is 5.67. The number of likely N-dealkylation sites (N-methyl/N-ethyl adjacent to an activating group) is 1. The highest BCUT2D eigenvalue weighted by atomic mass is 35.5. The summed E-state index contributed by atoms with van der Waals surface area (Å²) >= 11 is 0. The quantitative estimate of drug-likeness (QED) is 0.552. The number of hydrogen-bond acceptors (Lipinski definition) is 3. The fourth-order valence-electron chi connectivity index (χ4n) is 1.65. The molecule has 1 spiro atoms. The van der Waals surface area contributed by atoms with E-state index in [2.05, 4.69) is 17.3 Å². The maximum Gasteiger partial charge on any atom is 0.106 e. The van der Waals surface area contributed by atoms with Crippen LogP contribution in [0.5, 0.6) is 0 Å². The predicted molar refractivity (Wildman–Crippen MR) is 46.3 cm³/mol. The molecule has 2 heterocycles. The molecule has 2 rings (SSSR count). The molecule has 2 saturated heterocycles. The SMILES string of the molecule is CN1CCOC2(CNC2)C1.Cl. The topological polar surface area (TPSA) is 24.5 Å². The molecule has 0 bridgehead atoms. The smallest absolute Gasteiger partial charge is 0.106 e. The van der Waals surface area contributed by atoms with E-state index in [0.29, 0.717) is 0 Å². The third kappa shape index (κ3) is 1.67. The highest BCUT2D eigenvalue weighted by molar-refractivity contribution is 5.85. The van der Waals surface area contributed by atoms with E-state index in [9.17, 15) is 0 Å². The lowest BCUT2D eigenvalue weighted by molar-refractivity contribution is -0.130. The minimum atomic E-state index is 0. The summed E-state index contributed by atoms with van der Waals surface area (Å²) in [7, 11) is 2.16. The van der Waals surface area contributed by atoms with Gasteiger partial charge in [0.15, 0.2) is 0 Å². The number of halogens is 1. The Morgan fingerprint density at radius 2 is 2.18 bits per heavy atom. The van der Waals surface area contributed by atoms with Gasteiger partial charge >= 0.3 is 0 Å². The zero-order chi connectivity index (χ0) is 7.03. The third-order valence-corrected chi connectivity index (χ3v) is 2.33. The van der Waals surface area contributed by atoms with E-state index in [4.69, 9.17) is 4.74 Å². The first-order chi connectivity index (χ1) is 4.81. The van der Waals surface area contributed by atoms with E-state index < -0.39 is 0 Å². The van der Waals surface area contributed by atoms with E-state index in [1.165, 1.54) is 0 Å². The predicted octanol–water partition coefficient (Wildman–Crippen LogP) is -0.288. The lowest BCUT2D eigenvalue weighted by Crippen LogP contribution is -2.68. The summed E-state index contributed by atoms with van der Waals surface area (Å²) in [6.45, 7) is 5.16. The lowest BCUT2D eigenvalue weighted by Gasteiger charge is -2.47. The van der Waals surface area contributed by atoms with Crippen LogP contribution in [-0.4, -0.2) is 50.3 Å². The van der Waals surface area contributed by atoms with Gasteiger partial charge < -0.3 is 15.0 Å². The Morgan fingerprint density at radius 3 is 2.55 bits per heavy atom. The number of nitrogens with one attached hydrogen (secondary N) is 1. The van der Waals surface area contributed by atoms with Crippen LogP contribution in [0.3, 0.4) is 0 Å². The minimum absolute atomic E-state index is 0. The monoisotopic (exact) mass is 178 g/mol. The number of rotatable bonds is 0. The van der Waals surface area contributed by atoms with Crippen LogP contribution in [0.15, 0.2) is 0 Å². The Balaban J connectivity index is 0.000000605. The molecule has 11 heavy (non-hydrogen) atoms. The second-order valence-corrected chi connectivity index (χ2v) is 3.37. The van der Waals surface area contributed by atoms with Gasteiger partial charge in [0.1, 0.15) is 5.60 Å². The Labute approximate surface area is 73.5 Å². The van der Waals surface area contributed by atoms with Crippen molar-refractivity contribution >= 4 is 12.4 Å². The van der Waals surface area contributed by atoms with Crippen molar-refractivity contribution in [1.82, 2.24) is 10.2 Å². The highest BCUT2D eigenvalue weighted by Crippen LogP contribution is 2.20. The van der Waals surface area contributed by atoms with Gasteiger partial charge in [-0.15, -0.1) is 12.4 Å². The van der Waals surface area contributed by atoms with Gasteiger partial charge in [-0.2, -0.15) is 0 Å². The highest BCUT2D eigenvalue weighted by Gasteiger charge is 2.40. The zero-order valence-corrected chi connectivity index (χ0v) is 7.62. The molecule has 0 atom stereocenters. The van der Waals surface area contributed by atoms with Gasteiger partial charge in [0.05, 0.1) is 6.61 Å². The van der Waals surface area contributed by atoms with Crippen LogP contribution in [0.2, 0.25) is 0 Å². The van der Waals surface area contributed by atoms with Crippen LogP contribution < -0.4 is 5.32 Å². The molecule has 1 N–H and O–H groups in total. The van der Waals surface area contributed by atoms with Crippen molar-refractivity contribution < 1.29 is 4.74 Å². The van der Waals surface area contributed by atoms with Crippen LogP contribution in [0, 0.1) is 0 Å². The van der Waals surface area contributed by atoms with Crippen molar-refractivity contribution in [3.05, 3.63) is 0 Å². The van der Waals surface area contributed by atoms with Gasteiger partial charge in [-0.25, -0.2) is 0 Å². The second-order valence-electron chi connectivity index (χ2n) is 3.37. The summed E-state index contributed by atoms with van der Waals surface area (Å²) in [5.41, 5.74) is 0.188. The van der Waals surface area contributed by atoms with Crippen LogP contribution in [-0.2, 0) is 4.74 Å². The van der Waals surface area contributed by atoms with E-state index >= 15 is 0 Å². The normalized spacial score (nSPS) is 29.2. The molecule has 0 radical (unpaired) electrons. The van der Waals surface area contributed by atoms with Crippen LogP contribution >= 0.6 is 12.4 Å². The number of morpholine rings is 1. The van der Waals surface area contributed by atoms with Gasteiger partial charge in [-0.05, 0) is 7.05 Å². The van der Waals surface area contributed by atoms with Gasteiger partial charge in [0.25, 0.3) is 0 Å². The minimum Gasteiger partial charge on any atom is -0.370 e. The molecule has 2 aliphatic rings. The van der Waals surface area contributed by atoms with Crippen molar-refractivity contribution in [2.75, 3.05) is 39.8 Å². The summed E-state index contributed by atoms with van der Waals surface area (Å²) in [5.74, 6) is 0. The molecule has 0 aromatic rings. The summed E-state index contributed by atoms with van der Waals surface area (Å²) in [5, 5.41) is 3.24. The van der Waals surface area contributed by atoms with Crippen molar-refractivity contribution in [2.24, 2.45) is 0 Å². The fraction of sp³-hybridized carbons (Fsp3) is 1.00. The van der Waals surface area contributed by atoms with Crippen molar-refractivity contribution in [2.45, 2.75) is 5.60 Å². The molecule has 0 aromatic carbocycles. The number of hydrogen-bond donors (Lipinski definition) is 1. The van der Waals surface area contributed by atoms with Crippen molar-refractivity contribution in [3.8, 4) is 0 Å². The average Bonchev–Trinajstić information content (AvgIpc) is 1.85. The largest absolute Gasteiger partial charge is 0.370 e.